The fraction of sp³-hybridized carbons (Fsp3) is 0.412. The molecule has 5 heteroatoms. The Hall–Kier alpha value is -1.81. The SMILES string of the molecule is O=C(Nc1ccc(N2CCCC2=O)c(Cl)c1)[C@H]1CC=CCC1. The van der Waals surface area contributed by atoms with E-state index in [0.29, 0.717) is 23.7 Å². The van der Waals surface area contributed by atoms with Crippen molar-refractivity contribution >= 4 is 34.8 Å². The van der Waals surface area contributed by atoms with Crippen molar-refractivity contribution in [1.82, 2.24) is 0 Å². The number of nitrogens with zero attached hydrogens (tertiary/aromatic N) is 1. The summed E-state index contributed by atoms with van der Waals surface area (Å²) in [6, 6.07) is 5.34. The van der Waals surface area contributed by atoms with Crippen LogP contribution in [0.1, 0.15) is 32.1 Å². The summed E-state index contributed by atoms with van der Waals surface area (Å²) in [5.74, 6) is 0.168. The summed E-state index contributed by atoms with van der Waals surface area (Å²) >= 11 is 6.29. The quantitative estimate of drug-likeness (QED) is 0.863. The Balaban J connectivity index is 1.70. The first-order valence-corrected chi connectivity index (χ1v) is 8.09. The molecule has 4 nitrogen and oxygen atoms in total. The monoisotopic (exact) mass is 318 g/mol. The van der Waals surface area contributed by atoms with Crippen molar-refractivity contribution in [3.05, 3.63) is 35.4 Å². The van der Waals surface area contributed by atoms with E-state index in [4.69, 9.17) is 11.6 Å². The Morgan fingerprint density at radius 1 is 1.32 bits per heavy atom. The molecule has 1 atom stereocenters. The molecule has 0 unspecified atom stereocenters. The van der Waals surface area contributed by atoms with Crippen molar-refractivity contribution in [1.29, 1.82) is 0 Å². The Labute approximate surface area is 135 Å². The van der Waals surface area contributed by atoms with Gasteiger partial charge in [0.1, 0.15) is 0 Å². The Morgan fingerprint density at radius 3 is 2.82 bits per heavy atom. The molecule has 116 valence electrons. The van der Waals surface area contributed by atoms with Gasteiger partial charge in [-0.1, -0.05) is 23.8 Å². The van der Waals surface area contributed by atoms with Gasteiger partial charge in [0.15, 0.2) is 0 Å². The zero-order valence-electron chi connectivity index (χ0n) is 12.3. The summed E-state index contributed by atoms with van der Waals surface area (Å²) in [4.78, 5) is 25.7. The summed E-state index contributed by atoms with van der Waals surface area (Å²) in [6.07, 6.45) is 8.24. The van der Waals surface area contributed by atoms with Gasteiger partial charge in [-0.3, -0.25) is 9.59 Å². The Bertz CT molecular complexity index is 627. The maximum atomic E-state index is 12.2. The van der Waals surface area contributed by atoms with Gasteiger partial charge in [0.25, 0.3) is 0 Å². The number of halogens is 1. The van der Waals surface area contributed by atoms with Crippen LogP contribution in [0.25, 0.3) is 0 Å². The number of anilines is 2. The van der Waals surface area contributed by atoms with E-state index in [2.05, 4.69) is 17.5 Å². The number of carbonyl (C=O) groups excluding carboxylic acids is 2. The molecule has 1 N–H and O–H groups in total. The second-order valence-corrected chi connectivity index (χ2v) is 6.19. The van der Waals surface area contributed by atoms with Gasteiger partial charge in [0.05, 0.1) is 10.7 Å². The van der Waals surface area contributed by atoms with Crippen molar-refractivity contribution in [3.63, 3.8) is 0 Å². The zero-order chi connectivity index (χ0) is 15.5. The van der Waals surface area contributed by atoms with E-state index in [9.17, 15) is 9.59 Å². The second kappa shape index (κ2) is 6.53. The molecule has 2 aliphatic rings. The third-order valence-electron chi connectivity index (χ3n) is 4.22. The number of nitrogens with one attached hydrogen (secondary N) is 1. The lowest BCUT2D eigenvalue weighted by atomic mass is 9.93. The van der Waals surface area contributed by atoms with E-state index in [1.807, 2.05) is 12.1 Å². The van der Waals surface area contributed by atoms with Gasteiger partial charge in [0, 0.05) is 24.6 Å². The molecule has 2 amide bonds. The van der Waals surface area contributed by atoms with Crippen LogP contribution in [0.15, 0.2) is 30.4 Å². The van der Waals surface area contributed by atoms with Crippen LogP contribution >= 0.6 is 11.6 Å². The van der Waals surface area contributed by atoms with Gasteiger partial charge in [0.2, 0.25) is 11.8 Å². The highest BCUT2D eigenvalue weighted by atomic mass is 35.5. The molecule has 1 heterocycles. The number of amides is 2. The summed E-state index contributed by atoms with van der Waals surface area (Å²) in [5.41, 5.74) is 1.41. The van der Waals surface area contributed by atoms with E-state index in [1.165, 1.54) is 0 Å². The van der Waals surface area contributed by atoms with Crippen molar-refractivity contribution < 1.29 is 9.59 Å². The van der Waals surface area contributed by atoms with Crippen molar-refractivity contribution in [2.24, 2.45) is 5.92 Å². The van der Waals surface area contributed by atoms with Crippen LogP contribution in [0.2, 0.25) is 5.02 Å². The van der Waals surface area contributed by atoms with E-state index >= 15 is 0 Å². The fourth-order valence-electron chi connectivity index (χ4n) is 2.98. The summed E-state index contributed by atoms with van der Waals surface area (Å²) in [7, 11) is 0. The van der Waals surface area contributed by atoms with Gasteiger partial charge in [-0.25, -0.2) is 0 Å². The van der Waals surface area contributed by atoms with Crippen LogP contribution < -0.4 is 10.2 Å². The topological polar surface area (TPSA) is 49.4 Å². The maximum absolute atomic E-state index is 12.2. The van der Waals surface area contributed by atoms with Crippen LogP contribution in [0.4, 0.5) is 11.4 Å². The largest absolute Gasteiger partial charge is 0.326 e. The number of hydrogen-bond donors (Lipinski definition) is 1. The number of allylic oxidation sites excluding steroid dienone is 2. The van der Waals surface area contributed by atoms with Gasteiger partial charge in [-0.15, -0.1) is 0 Å². The van der Waals surface area contributed by atoms with E-state index in [0.717, 1.165) is 31.4 Å². The lowest BCUT2D eigenvalue weighted by Gasteiger charge is -2.20. The molecule has 22 heavy (non-hydrogen) atoms. The molecule has 1 aromatic carbocycles. The van der Waals surface area contributed by atoms with E-state index in [-0.39, 0.29) is 17.7 Å². The van der Waals surface area contributed by atoms with Crippen LogP contribution in [0, 0.1) is 5.92 Å². The average molecular weight is 319 g/mol. The van der Waals surface area contributed by atoms with Gasteiger partial charge in [-0.05, 0) is 43.9 Å². The molecule has 0 radical (unpaired) electrons. The van der Waals surface area contributed by atoms with E-state index in [1.54, 1.807) is 11.0 Å². The Morgan fingerprint density at radius 2 is 2.18 bits per heavy atom. The molecule has 0 aromatic heterocycles. The summed E-state index contributed by atoms with van der Waals surface area (Å²) in [6.45, 7) is 0.707. The lowest BCUT2D eigenvalue weighted by molar-refractivity contribution is -0.120. The predicted octanol–water partition coefficient (Wildman–Crippen LogP) is 3.76. The van der Waals surface area contributed by atoms with E-state index < -0.39 is 0 Å². The summed E-state index contributed by atoms with van der Waals surface area (Å²) < 4.78 is 0. The first-order chi connectivity index (χ1) is 10.6. The van der Waals surface area contributed by atoms with Crippen molar-refractivity contribution in [2.45, 2.75) is 32.1 Å². The molecule has 0 saturated carbocycles. The predicted molar refractivity (Wildman–Crippen MR) is 88.1 cm³/mol. The van der Waals surface area contributed by atoms with Gasteiger partial charge >= 0.3 is 0 Å². The second-order valence-electron chi connectivity index (χ2n) is 5.79. The average Bonchev–Trinajstić information content (AvgIpc) is 2.94. The molecule has 0 spiro atoms. The minimum Gasteiger partial charge on any atom is -0.326 e. The third-order valence-corrected chi connectivity index (χ3v) is 4.52. The van der Waals surface area contributed by atoms with Crippen molar-refractivity contribution in [2.75, 3.05) is 16.8 Å². The molecule has 1 saturated heterocycles. The first kappa shape index (κ1) is 15.1. The maximum Gasteiger partial charge on any atom is 0.227 e. The number of carbonyl (C=O) groups is 2. The molecule has 1 aromatic rings. The zero-order valence-corrected chi connectivity index (χ0v) is 13.1. The van der Waals surface area contributed by atoms with Crippen LogP contribution in [0.5, 0.6) is 0 Å². The summed E-state index contributed by atoms with van der Waals surface area (Å²) in [5, 5.41) is 3.42. The number of rotatable bonds is 3. The van der Waals surface area contributed by atoms with Gasteiger partial charge < -0.3 is 10.2 Å². The molecular weight excluding hydrogens is 300 g/mol. The van der Waals surface area contributed by atoms with Crippen LogP contribution in [0.3, 0.4) is 0 Å². The number of benzene rings is 1. The highest BCUT2D eigenvalue weighted by Gasteiger charge is 2.24. The molecule has 1 aliphatic carbocycles. The first-order valence-electron chi connectivity index (χ1n) is 7.71. The molecule has 0 bridgehead atoms. The minimum atomic E-state index is 0.0311. The molecule has 1 fully saturated rings. The minimum absolute atomic E-state index is 0.0311. The number of hydrogen-bond acceptors (Lipinski definition) is 2. The third kappa shape index (κ3) is 3.17. The fourth-order valence-corrected chi connectivity index (χ4v) is 3.27. The molecule has 3 rings (SSSR count). The van der Waals surface area contributed by atoms with Crippen LogP contribution in [-0.2, 0) is 9.59 Å². The normalized spacial score (nSPS) is 21.2. The van der Waals surface area contributed by atoms with Crippen molar-refractivity contribution in [3.8, 4) is 0 Å². The highest BCUT2D eigenvalue weighted by Crippen LogP contribution is 2.32. The van der Waals surface area contributed by atoms with Crippen LogP contribution in [-0.4, -0.2) is 18.4 Å². The Kier molecular flexibility index (Phi) is 4.48. The smallest absolute Gasteiger partial charge is 0.227 e. The van der Waals surface area contributed by atoms with Gasteiger partial charge in [-0.2, -0.15) is 0 Å². The lowest BCUT2D eigenvalue weighted by Crippen LogP contribution is -2.25. The molecule has 1 aliphatic heterocycles. The standard InChI is InChI=1S/C17H19ClN2O2/c18-14-11-13(19-17(22)12-5-2-1-3-6-12)8-9-15(14)20-10-4-7-16(20)21/h1-2,8-9,11-12H,3-7,10H2,(H,19,22)/t12-/m0/s1. The highest BCUT2D eigenvalue weighted by molar-refractivity contribution is 6.34. The molecular formula is C17H19ClN2O2.